The Labute approximate surface area is 139 Å². The van der Waals surface area contributed by atoms with Gasteiger partial charge in [-0.1, -0.05) is 48.5 Å². The molecule has 0 bridgehead atoms. The topological polar surface area (TPSA) is 0 Å². The Hall–Kier alpha value is 0. The molecule has 4 rings (SSSR count). The van der Waals surface area contributed by atoms with E-state index in [1.165, 1.54) is 0 Å². The summed E-state index contributed by atoms with van der Waals surface area (Å²) in [5.41, 5.74) is 0.678. The molecule has 9 atom stereocenters. The average molecular weight is 305 g/mol. The van der Waals surface area contributed by atoms with Gasteiger partial charge in [0.15, 0.2) is 0 Å². The second kappa shape index (κ2) is 5.82. The van der Waals surface area contributed by atoms with Gasteiger partial charge in [-0.2, -0.15) is 0 Å². The maximum Gasteiger partial charge on any atom is -0.0289 e. The third-order valence-electron chi connectivity index (χ3n) is 8.24. The van der Waals surface area contributed by atoms with Gasteiger partial charge in [0.25, 0.3) is 0 Å². The lowest BCUT2D eigenvalue weighted by atomic mass is 9.64. The highest BCUT2D eigenvalue weighted by molar-refractivity contribution is 5.14. The summed E-state index contributed by atoms with van der Waals surface area (Å²) < 4.78 is 0. The van der Waals surface area contributed by atoms with Gasteiger partial charge in [0.05, 0.1) is 0 Å². The summed E-state index contributed by atoms with van der Waals surface area (Å²) in [6.45, 7) is 16.8. The van der Waals surface area contributed by atoms with Crippen LogP contribution in [0.5, 0.6) is 0 Å². The van der Waals surface area contributed by atoms with Crippen LogP contribution in [0, 0.1) is 58.7 Å². The molecule has 0 aromatic heterocycles. The Kier molecular flexibility index (Phi) is 4.45. The van der Waals surface area contributed by atoms with Crippen molar-refractivity contribution in [2.24, 2.45) is 58.7 Å². The molecule has 0 aliphatic heterocycles. The molecule has 8 unspecified atom stereocenters. The van der Waals surface area contributed by atoms with Crippen LogP contribution >= 0.6 is 0 Å². The smallest absolute Gasteiger partial charge is 0.0289 e. The number of fused-ring (bicyclic) bond motifs is 5. The first-order chi connectivity index (χ1) is 10.4. The molecule has 0 heteroatoms. The molecule has 128 valence electrons. The maximum atomic E-state index is 2.61. The van der Waals surface area contributed by atoms with Crippen LogP contribution in [-0.4, -0.2) is 0 Å². The molecule has 4 aliphatic carbocycles. The Morgan fingerprint density at radius 2 is 1.27 bits per heavy atom. The first-order valence-corrected chi connectivity index (χ1v) is 10.4. The highest BCUT2D eigenvalue weighted by Gasteiger charge is 2.66. The average Bonchev–Trinajstić information content (AvgIpc) is 2.85. The van der Waals surface area contributed by atoms with E-state index in [0.29, 0.717) is 5.41 Å². The minimum atomic E-state index is 0.678. The molecule has 22 heavy (non-hydrogen) atoms. The highest BCUT2D eigenvalue weighted by atomic mass is 14.7. The zero-order valence-corrected chi connectivity index (χ0v) is 16.2. The second-order valence-electron chi connectivity index (χ2n) is 9.98. The summed E-state index contributed by atoms with van der Waals surface area (Å²) >= 11 is 0. The Morgan fingerprint density at radius 1 is 0.727 bits per heavy atom. The van der Waals surface area contributed by atoms with Gasteiger partial charge >= 0.3 is 0 Å². The summed E-state index contributed by atoms with van der Waals surface area (Å²) in [4.78, 5) is 0. The highest BCUT2D eigenvalue weighted by Crippen LogP contribution is 2.72. The molecule has 0 amide bonds. The van der Waals surface area contributed by atoms with E-state index in [9.17, 15) is 0 Å². The van der Waals surface area contributed by atoms with Crippen LogP contribution in [0.25, 0.3) is 0 Å². The summed E-state index contributed by atoms with van der Waals surface area (Å²) in [6.07, 6.45) is 7.75. The van der Waals surface area contributed by atoms with E-state index in [1.54, 1.807) is 32.1 Å². The summed E-state index contributed by atoms with van der Waals surface area (Å²) in [5, 5.41) is 0. The Bertz CT molecular complexity index is 395. The molecular weight excluding hydrogens is 264 g/mol. The van der Waals surface area contributed by atoms with E-state index in [-0.39, 0.29) is 0 Å². The van der Waals surface area contributed by atoms with Crippen molar-refractivity contribution in [3.63, 3.8) is 0 Å². The van der Waals surface area contributed by atoms with Crippen LogP contribution in [-0.2, 0) is 0 Å². The minimum Gasteiger partial charge on any atom is -0.0683 e. The third kappa shape index (κ3) is 2.48. The van der Waals surface area contributed by atoms with E-state index in [4.69, 9.17) is 0 Å². The van der Waals surface area contributed by atoms with Crippen LogP contribution in [0.2, 0.25) is 0 Å². The Balaban J connectivity index is 0.000000693. The third-order valence-corrected chi connectivity index (χ3v) is 8.24. The lowest BCUT2D eigenvalue weighted by Crippen LogP contribution is -2.34. The van der Waals surface area contributed by atoms with E-state index >= 15 is 0 Å². The summed E-state index contributed by atoms with van der Waals surface area (Å²) in [7, 11) is 0. The monoisotopic (exact) mass is 304 g/mol. The van der Waals surface area contributed by atoms with Crippen molar-refractivity contribution < 1.29 is 0 Å². The van der Waals surface area contributed by atoms with Crippen LogP contribution in [0.1, 0.15) is 80.6 Å². The molecule has 0 heterocycles. The van der Waals surface area contributed by atoms with Crippen LogP contribution < -0.4 is 0 Å². The minimum absolute atomic E-state index is 0.678. The van der Waals surface area contributed by atoms with Gasteiger partial charge in [-0.3, -0.25) is 0 Å². The fraction of sp³-hybridized carbons (Fsp3) is 1.00. The maximum absolute atomic E-state index is 2.61. The van der Waals surface area contributed by atoms with E-state index in [0.717, 1.165) is 53.3 Å². The normalized spacial score (nSPS) is 55.0. The molecule has 0 saturated heterocycles. The molecule has 4 aliphatic rings. The van der Waals surface area contributed by atoms with Gasteiger partial charge in [0.1, 0.15) is 0 Å². The first kappa shape index (κ1) is 16.8. The molecule has 0 N–H and O–H groups in total. The lowest BCUT2D eigenvalue weighted by Gasteiger charge is -2.40. The van der Waals surface area contributed by atoms with Gasteiger partial charge in [-0.15, -0.1) is 0 Å². The summed E-state index contributed by atoms with van der Waals surface area (Å²) in [6, 6.07) is 0. The summed E-state index contributed by atoms with van der Waals surface area (Å²) in [5.74, 6) is 9.49. The first-order valence-electron chi connectivity index (χ1n) is 10.4. The second-order valence-corrected chi connectivity index (χ2v) is 9.98. The van der Waals surface area contributed by atoms with Gasteiger partial charge in [-0.05, 0) is 90.8 Å². The van der Waals surface area contributed by atoms with Crippen molar-refractivity contribution in [3.8, 4) is 0 Å². The van der Waals surface area contributed by atoms with Gasteiger partial charge in [0.2, 0.25) is 0 Å². The van der Waals surface area contributed by atoms with E-state index in [2.05, 4.69) is 34.6 Å². The van der Waals surface area contributed by atoms with E-state index in [1.807, 2.05) is 13.8 Å². The van der Waals surface area contributed by atoms with Gasteiger partial charge in [-0.25, -0.2) is 0 Å². The predicted molar refractivity (Wildman–Crippen MR) is 96.6 cm³/mol. The Morgan fingerprint density at radius 3 is 1.86 bits per heavy atom. The predicted octanol–water partition coefficient (Wildman–Crippen LogP) is 6.65. The molecule has 0 aromatic carbocycles. The van der Waals surface area contributed by atoms with Crippen molar-refractivity contribution >= 4 is 0 Å². The number of hydrogen-bond donors (Lipinski definition) is 0. The molecule has 0 spiro atoms. The molecule has 0 nitrogen and oxygen atoms in total. The fourth-order valence-corrected chi connectivity index (χ4v) is 7.61. The quantitative estimate of drug-likeness (QED) is 0.470. The van der Waals surface area contributed by atoms with Crippen LogP contribution in [0.15, 0.2) is 0 Å². The molecule has 4 saturated carbocycles. The van der Waals surface area contributed by atoms with Crippen molar-refractivity contribution in [2.45, 2.75) is 80.6 Å². The molecule has 0 radical (unpaired) electrons. The standard InChI is InChI=1S/C20H34.C2H6/c1-11-6-14-7-12(2)9-16-18(15(14)8-11)13(3)10-17-19(16)20(17,4)5;1-2/h11-19H,6-10H2,1-5H3;1-2H3/t11?,12?,13?,14?,15-,16?,17?,18?,19?;/m1./s1. The largest absolute Gasteiger partial charge is 0.0683 e. The zero-order chi connectivity index (χ0) is 16.2. The van der Waals surface area contributed by atoms with Crippen molar-refractivity contribution in [3.05, 3.63) is 0 Å². The number of hydrogen-bond acceptors (Lipinski definition) is 0. The number of rotatable bonds is 0. The zero-order valence-electron chi connectivity index (χ0n) is 16.2. The van der Waals surface area contributed by atoms with Gasteiger partial charge < -0.3 is 0 Å². The SMILES string of the molecule is CC.CC1CC2C(C(C)CC3C2C3(C)C)[C@@H]2CC(C)CC2C1. The molecule has 4 fully saturated rings. The van der Waals surface area contributed by atoms with Crippen LogP contribution in [0.3, 0.4) is 0 Å². The van der Waals surface area contributed by atoms with E-state index < -0.39 is 0 Å². The lowest BCUT2D eigenvalue weighted by molar-refractivity contribution is 0.0774. The molecule has 0 aromatic rings. The van der Waals surface area contributed by atoms with Crippen molar-refractivity contribution in [2.75, 3.05) is 0 Å². The van der Waals surface area contributed by atoms with Gasteiger partial charge in [0, 0.05) is 0 Å². The van der Waals surface area contributed by atoms with Crippen molar-refractivity contribution in [1.82, 2.24) is 0 Å². The van der Waals surface area contributed by atoms with Crippen molar-refractivity contribution in [1.29, 1.82) is 0 Å². The fourth-order valence-electron chi connectivity index (χ4n) is 7.61. The molecular formula is C22H40. The van der Waals surface area contributed by atoms with Crippen LogP contribution in [0.4, 0.5) is 0 Å².